The third-order valence-electron chi connectivity index (χ3n) is 3.33. The Morgan fingerprint density at radius 1 is 1.26 bits per heavy atom. The van der Waals surface area contributed by atoms with E-state index in [2.05, 4.69) is 15.0 Å². The normalized spacial score (nSPS) is 14.1. The van der Waals surface area contributed by atoms with Crippen molar-refractivity contribution in [2.45, 2.75) is 13.1 Å². The molecule has 0 unspecified atom stereocenters. The lowest BCUT2D eigenvalue weighted by atomic mass is 10.1. The molecule has 6 heteroatoms. The van der Waals surface area contributed by atoms with Crippen molar-refractivity contribution in [2.75, 3.05) is 12.0 Å². The number of hydrogen-bond acceptors (Lipinski definition) is 4. The van der Waals surface area contributed by atoms with Crippen LogP contribution in [0.15, 0.2) is 36.7 Å². The van der Waals surface area contributed by atoms with Crippen molar-refractivity contribution in [2.24, 2.45) is 5.84 Å². The zero-order valence-electron chi connectivity index (χ0n) is 10.4. The lowest BCUT2D eigenvalue weighted by Gasteiger charge is -2.27. The van der Waals surface area contributed by atoms with Crippen LogP contribution in [0.2, 0.25) is 0 Å². The molecule has 1 amide bonds. The SMILES string of the molecule is NNc1ccc(C(=O)N2CCn3ccnc3C2)cc1. The number of nitrogens with zero attached hydrogens (tertiary/aromatic N) is 3. The number of nitrogens with two attached hydrogens (primary N) is 1. The topological polar surface area (TPSA) is 76.2 Å². The average Bonchev–Trinajstić information content (AvgIpc) is 2.94. The molecule has 6 nitrogen and oxygen atoms in total. The van der Waals surface area contributed by atoms with Crippen LogP contribution in [0.3, 0.4) is 0 Å². The zero-order valence-corrected chi connectivity index (χ0v) is 10.4. The van der Waals surface area contributed by atoms with E-state index in [1.54, 1.807) is 30.5 Å². The summed E-state index contributed by atoms with van der Waals surface area (Å²) in [6.45, 7) is 2.06. The van der Waals surface area contributed by atoms with E-state index in [4.69, 9.17) is 5.84 Å². The Labute approximate surface area is 110 Å². The molecule has 1 aromatic carbocycles. The molecule has 0 spiro atoms. The molecule has 0 radical (unpaired) electrons. The molecule has 0 bridgehead atoms. The van der Waals surface area contributed by atoms with Crippen LogP contribution >= 0.6 is 0 Å². The number of rotatable bonds is 2. The number of hydrazine groups is 1. The lowest BCUT2D eigenvalue weighted by molar-refractivity contribution is 0.0707. The Hall–Kier alpha value is -2.34. The Bertz CT molecular complexity index is 589. The first-order valence-corrected chi connectivity index (χ1v) is 6.14. The van der Waals surface area contributed by atoms with Crippen molar-refractivity contribution >= 4 is 11.6 Å². The molecule has 3 rings (SSSR count). The molecule has 1 aliphatic rings. The smallest absolute Gasteiger partial charge is 0.254 e. The fraction of sp³-hybridized carbons (Fsp3) is 0.231. The summed E-state index contributed by atoms with van der Waals surface area (Å²) in [5, 5.41) is 0. The Morgan fingerprint density at radius 3 is 2.79 bits per heavy atom. The van der Waals surface area contributed by atoms with Crippen LogP contribution in [-0.4, -0.2) is 26.9 Å². The number of imidazole rings is 1. The van der Waals surface area contributed by atoms with Gasteiger partial charge in [-0.25, -0.2) is 4.98 Å². The number of carbonyl (C=O) groups excluding carboxylic acids is 1. The van der Waals surface area contributed by atoms with Crippen LogP contribution in [0.5, 0.6) is 0 Å². The van der Waals surface area contributed by atoms with Gasteiger partial charge in [0.05, 0.1) is 6.54 Å². The van der Waals surface area contributed by atoms with Crippen LogP contribution in [0, 0.1) is 0 Å². The van der Waals surface area contributed by atoms with Gasteiger partial charge < -0.3 is 14.9 Å². The molecule has 2 heterocycles. The van der Waals surface area contributed by atoms with Gasteiger partial charge >= 0.3 is 0 Å². The van der Waals surface area contributed by atoms with E-state index in [1.807, 2.05) is 11.1 Å². The number of nitrogen functional groups attached to an aromatic ring is 1. The summed E-state index contributed by atoms with van der Waals surface area (Å²) in [5.74, 6) is 6.26. The van der Waals surface area contributed by atoms with E-state index < -0.39 is 0 Å². The quantitative estimate of drug-likeness (QED) is 0.617. The third-order valence-corrected chi connectivity index (χ3v) is 3.33. The second-order valence-corrected chi connectivity index (χ2v) is 4.49. The van der Waals surface area contributed by atoms with Crippen molar-refractivity contribution in [3.8, 4) is 0 Å². The number of benzene rings is 1. The van der Waals surface area contributed by atoms with Gasteiger partial charge in [0.2, 0.25) is 0 Å². The molecule has 1 aromatic heterocycles. The molecule has 0 fully saturated rings. The summed E-state index contributed by atoms with van der Waals surface area (Å²) in [6.07, 6.45) is 3.71. The highest BCUT2D eigenvalue weighted by molar-refractivity contribution is 5.94. The second kappa shape index (κ2) is 4.74. The summed E-state index contributed by atoms with van der Waals surface area (Å²) in [5.41, 5.74) is 3.99. The summed E-state index contributed by atoms with van der Waals surface area (Å²) in [4.78, 5) is 18.4. The van der Waals surface area contributed by atoms with Gasteiger partial charge in [0, 0.05) is 36.7 Å². The largest absolute Gasteiger partial charge is 0.332 e. The van der Waals surface area contributed by atoms with E-state index in [0.717, 1.165) is 18.1 Å². The fourth-order valence-electron chi connectivity index (χ4n) is 2.24. The lowest BCUT2D eigenvalue weighted by Crippen LogP contribution is -2.38. The molecular formula is C13H15N5O. The first-order chi connectivity index (χ1) is 9.28. The van der Waals surface area contributed by atoms with Crippen molar-refractivity contribution in [1.29, 1.82) is 0 Å². The van der Waals surface area contributed by atoms with Crippen LogP contribution < -0.4 is 11.3 Å². The first-order valence-electron chi connectivity index (χ1n) is 6.14. The van der Waals surface area contributed by atoms with Crippen LogP contribution in [-0.2, 0) is 13.1 Å². The van der Waals surface area contributed by atoms with Gasteiger partial charge in [-0.05, 0) is 24.3 Å². The summed E-state index contributed by atoms with van der Waals surface area (Å²) in [7, 11) is 0. The highest BCUT2D eigenvalue weighted by atomic mass is 16.2. The maximum absolute atomic E-state index is 12.4. The Morgan fingerprint density at radius 2 is 2.05 bits per heavy atom. The maximum Gasteiger partial charge on any atom is 0.254 e. The molecule has 19 heavy (non-hydrogen) atoms. The van der Waals surface area contributed by atoms with Gasteiger partial charge in [0.1, 0.15) is 5.82 Å². The minimum absolute atomic E-state index is 0.0258. The summed E-state index contributed by atoms with van der Waals surface area (Å²) < 4.78 is 2.07. The van der Waals surface area contributed by atoms with Crippen LogP contribution in [0.1, 0.15) is 16.2 Å². The van der Waals surface area contributed by atoms with Gasteiger partial charge in [-0.15, -0.1) is 0 Å². The van der Waals surface area contributed by atoms with Gasteiger partial charge in [0.15, 0.2) is 0 Å². The second-order valence-electron chi connectivity index (χ2n) is 4.49. The van der Waals surface area contributed by atoms with E-state index in [1.165, 1.54) is 0 Å². The minimum atomic E-state index is 0.0258. The molecular weight excluding hydrogens is 242 g/mol. The number of hydrogen-bond donors (Lipinski definition) is 2. The highest BCUT2D eigenvalue weighted by Gasteiger charge is 2.21. The number of nitrogens with one attached hydrogen (secondary N) is 1. The van der Waals surface area contributed by atoms with Crippen LogP contribution in [0.25, 0.3) is 0 Å². The monoisotopic (exact) mass is 257 g/mol. The number of aromatic nitrogens is 2. The van der Waals surface area contributed by atoms with Gasteiger partial charge in [0.25, 0.3) is 5.91 Å². The molecule has 3 N–H and O–H groups in total. The maximum atomic E-state index is 12.4. The van der Waals surface area contributed by atoms with Crippen LogP contribution in [0.4, 0.5) is 5.69 Å². The Balaban J connectivity index is 1.77. The first kappa shape index (κ1) is 11.7. The molecule has 0 aliphatic carbocycles. The third kappa shape index (κ3) is 2.17. The molecule has 98 valence electrons. The number of fused-ring (bicyclic) bond motifs is 1. The van der Waals surface area contributed by atoms with Gasteiger partial charge in [-0.1, -0.05) is 0 Å². The molecule has 2 aromatic rings. The fourth-order valence-corrected chi connectivity index (χ4v) is 2.24. The average molecular weight is 257 g/mol. The predicted octanol–water partition coefficient (Wildman–Crippen LogP) is 0.825. The number of amides is 1. The van der Waals surface area contributed by atoms with Crippen molar-refractivity contribution in [1.82, 2.24) is 14.5 Å². The molecule has 0 saturated heterocycles. The molecule has 0 atom stereocenters. The Kier molecular flexibility index (Phi) is 2.92. The zero-order chi connectivity index (χ0) is 13.2. The number of anilines is 1. The predicted molar refractivity (Wildman–Crippen MR) is 71.2 cm³/mol. The van der Waals surface area contributed by atoms with Crippen molar-refractivity contribution < 1.29 is 4.79 Å². The number of carbonyl (C=O) groups is 1. The van der Waals surface area contributed by atoms with E-state index in [9.17, 15) is 4.79 Å². The summed E-state index contributed by atoms with van der Waals surface area (Å²) >= 11 is 0. The van der Waals surface area contributed by atoms with Crippen molar-refractivity contribution in [3.63, 3.8) is 0 Å². The van der Waals surface area contributed by atoms with Gasteiger partial charge in [-0.3, -0.25) is 10.6 Å². The molecule has 1 aliphatic heterocycles. The minimum Gasteiger partial charge on any atom is -0.332 e. The van der Waals surface area contributed by atoms with E-state index >= 15 is 0 Å². The van der Waals surface area contributed by atoms with Gasteiger partial charge in [-0.2, -0.15) is 0 Å². The summed E-state index contributed by atoms with van der Waals surface area (Å²) in [6, 6.07) is 7.13. The molecule has 0 saturated carbocycles. The van der Waals surface area contributed by atoms with E-state index in [-0.39, 0.29) is 5.91 Å². The standard InChI is InChI=1S/C13H15N5O/c14-16-11-3-1-10(2-4-11)13(19)18-8-7-17-6-5-15-12(17)9-18/h1-6,16H,7-9,14H2. The highest BCUT2D eigenvalue weighted by Crippen LogP contribution is 2.15. The van der Waals surface area contributed by atoms with E-state index in [0.29, 0.717) is 18.7 Å². The van der Waals surface area contributed by atoms with Crippen molar-refractivity contribution in [3.05, 3.63) is 48.0 Å².